The van der Waals surface area contributed by atoms with E-state index in [0.717, 1.165) is 0 Å². The second kappa shape index (κ2) is 14.2. The van der Waals surface area contributed by atoms with Crippen molar-refractivity contribution in [3.63, 3.8) is 0 Å². The second-order valence-corrected chi connectivity index (χ2v) is 8.05. The van der Waals surface area contributed by atoms with Gasteiger partial charge in [-0.3, -0.25) is 14.4 Å². The van der Waals surface area contributed by atoms with Crippen LogP contribution in [0.2, 0.25) is 0 Å². The molecule has 0 saturated heterocycles. The van der Waals surface area contributed by atoms with Crippen LogP contribution < -0.4 is 27.4 Å². The number of imidazole rings is 1. The van der Waals surface area contributed by atoms with Crippen LogP contribution in [0.4, 0.5) is 0 Å². The standard InChI is InChI=1S/C20H35N7O6/c1-11(2)16(20(32)33)27-19(31)15(9-28)26-18(30)14(5-3-4-6-21)25-17(29)13(22)7-12-8-23-10-24-12/h8,10-11,13-16,28H,3-7,9,21-22H2,1-2H3,(H,23,24)(H,25,29)(H,26,30)(H,27,31)(H,32,33). The predicted molar refractivity (Wildman–Crippen MR) is 119 cm³/mol. The number of amides is 3. The van der Waals surface area contributed by atoms with Gasteiger partial charge in [0.15, 0.2) is 0 Å². The lowest BCUT2D eigenvalue weighted by atomic mass is 10.0. The molecule has 13 nitrogen and oxygen atoms in total. The van der Waals surface area contributed by atoms with E-state index in [1.54, 1.807) is 13.8 Å². The van der Waals surface area contributed by atoms with Crippen LogP contribution in [-0.2, 0) is 25.6 Å². The number of aliphatic hydroxyl groups excluding tert-OH is 1. The van der Waals surface area contributed by atoms with E-state index < -0.39 is 60.4 Å². The molecule has 186 valence electrons. The van der Waals surface area contributed by atoms with Crippen LogP contribution in [0.25, 0.3) is 0 Å². The molecule has 0 bridgehead atoms. The van der Waals surface area contributed by atoms with Gasteiger partial charge in [-0.2, -0.15) is 0 Å². The van der Waals surface area contributed by atoms with Gasteiger partial charge in [-0.05, 0) is 31.7 Å². The number of nitrogens with zero attached hydrogens (tertiary/aromatic N) is 1. The molecule has 1 heterocycles. The van der Waals surface area contributed by atoms with Gasteiger partial charge in [-0.15, -0.1) is 0 Å². The van der Waals surface area contributed by atoms with Crippen LogP contribution in [0.15, 0.2) is 12.5 Å². The Bertz CT molecular complexity index is 771. The van der Waals surface area contributed by atoms with Crippen LogP contribution in [0, 0.1) is 5.92 Å². The molecular weight excluding hydrogens is 434 g/mol. The maximum absolute atomic E-state index is 12.8. The van der Waals surface area contributed by atoms with E-state index in [4.69, 9.17) is 11.5 Å². The quantitative estimate of drug-likeness (QED) is 0.128. The van der Waals surface area contributed by atoms with Crippen molar-refractivity contribution in [1.29, 1.82) is 0 Å². The SMILES string of the molecule is CC(C)C(NC(=O)C(CO)NC(=O)C(CCCCN)NC(=O)C(N)Cc1cnc[nH]1)C(=O)O. The number of carboxylic acid groups (broad SMARTS) is 1. The third-order valence-electron chi connectivity index (χ3n) is 4.96. The summed E-state index contributed by atoms with van der Waals surface area (Å²) in [5.74, 6) is -3.79. The van der Waals surface area contributed by atoms with E-state index >= 15 is 0 Å². The van der Waals surface area contributed by atoms with Crippen molar-refractivity contribution in [3.8, 4) is 0 Å². The molecule has 1 rings (SSSR count). The first kappa shape index (κ1) is 28.0. The van der Waals surface area contributed by atoms with Gasteiger partial charge in [-0.1, -0.05) is 13.8 Å². The zero-order valence-electron chi connectivity index (χ0n) is 18.9. The molecular formula is C20H35N7O6. The highest BCUT2D eigenvalue weighted by Gasteiger charge is 2.31. The van der Waals surface area contributed by atoms with Gasteiger partial charge >= 0.3 is 5.97 Å². The van der Waals surface area contributed by atoms with Crippen molar-refractivity contribution in [2.24, 2.45) is 17.4 Å². The number of carbonyl (C=O) groups is 4. The minimum atomic E-state index is -1.40. The molecule has 0 spiro atoms. The third-order valence-corrected chi connectivity index (χ3v) is 4.96. The molecule has 4 atom stereocenters. The Morgan fingerprint density at radius 1 is 1.06 bits per heavy atom. The average Bonchev–Trinajstić information content (AvgIpc) is 3.27. The Morgan fingerprint density at radius 2 is 1.70 bits per heavy atom. The zero-order chi connectivity index (χ0) is 25.0. The largest absolute Gasteiger partial charge is 0.480 e. The molecule has 0 radical (unpaired) electrons. The number of aromatic nitrogens is 2. The fourth-order valence-corrected chi connectivity index (χ4v) is 3.00. The first-order valence-electron chi connectivity index (χ1n) is 10.8. The number of aliphatic carboxylic acids is 1. The minimum Gasteiger partial charge on any atom is -0.480 e. The topological polar surface area (TPSA) is 226 Å². The molecule has 0 aromatic carbocycles. The van der Waals surface area contributed by atoms with Crippen molar-refractivity contribution in [2.45, 2.75) is 63.7 Å². The maximum atomic E-state index is 12.8. The molecule has 1 aromatic heterocycles. The molecule has 0 saturated carbocycles. The van der Waals surface area contributed by atoms with Crippen molar-refractivity contribution >= 4 is 23.7 Å². The summed E-state index contributed by atoms with van der Waals surface area (Å²) in [7, 11) is 0. The number of carboxylic acids is 1. The van der Waals surface area contributed by atoms with E-state index in [0.29, 0.717) is 25.1 Å². The monoisotopic (exact) mass is 469 g/mol. The van der Waals surface area contributed by atoms with Crippen LogP contribution in [0.3, 0.4) is 0 Å². The molecule has 13 heteroatoms. The van der Waals surface area contributed by atoms with Gasteiger partial charge in [0.2, 0.25) is 17.7 Å². The Balaban J connectivity index is 2.82. The van der Waals surface area contributed by atoms with Crippen molar-refractivity contribution in [3.05, 3.63) is 18.2 Å². The fraction of sp³-hybridized carbons (Fsp3) is 0.650. The number of aromatic amines is 1. The number of aliphatic hydroxyl groups is 1. The Hall–Kier alpha value is -3.03. The summed E-state index contributed by atoms with van der Waals surface area (Å²) in [4.78, 5) is 55.8. The summed E-state index contributed by atoms with van der Waals surface area (Å²) in [6, 6.07) is -4.57. The van der Waals surface area contributed by atoms with E-state index in [9.17, 15) is 29.4 Å². The van der Waals surface area contributed by atoms with Gasteiger partial charge in [0.25, 0.3) is 0 Å². The Morgan fingerprint density at radius 3 is 2.21 bits per heavy atom. The summed E-state index contributed by atoms with van der Waals surface area (Å²) in [6.45, 7) is 2.86. The van der Waals surface area contributed by atoms with Crippen molar-refractivity contribution in [1.82, 2.24) is 25.9 Å². The summed E-state index contributed by atoms with van der Waals surface area (Å²) in [6.07, 6.45) is 4.53. The van der Waals surface area contributed by atoms with Crippen molar-refractivity contribution < 1.29 is 29.4 Å². The number of nitrogens with two attached hydrogens (primary N) is 2. The highest BCUT2D eigenvalue weighted by Crippen LogP contribution is 2.05. The zero-order valence-corrected chi connectivity index (χ0v) is 18.9. The Labute approximate surface area is 192 Å². The number of nitrogens with one attached hydrogen (secondary N) is 4. The summed E-state index contributed by atoms with van der Waals surface area (Å²) in [5, 5.41) is 26.1. The third kappa shape index (κ3) is 9.55. The van der Waals surface area contributed by atoms with Gasteiger partial charge < -0.3 is 42.6 Å². The van der Waals surface area contributed by atoms with Crippen LogP contribution in [0.5, 0.6) is 0 Å². The highest BCUT2D eigenvalue weighted by atomic mass is 16.4. The molecule has 3 amide bonds. The molecule has 0 aliphatic heterocycles. The van der Waals surface area contributed by atoms with Gasteiger partial charge in [0, 0.05) is 18.3 Å². The average molecular weight is 470 g/mol. The molecule has 4 unspecified atom stereocenters. The number of hydrogen-bond acceptors (Lipinski definition) is 8. The lowest BCUT2D eigenvalue weighted by molar-refractivity contribution is -0.143. The predicted octanol–water partition coefficient (Wildman–Crippen LogP) is -2.40. The van der Waals surface area contributed by atoms with Crippen molar-refractivity contribution in [2.75, 3.05) is 13.2 Å². The molecule has 0 aliphatic carbocycles. The second-order valence-electron chi connectivity index (χ2n) is 8.05. The molecule has 1 aromatic rings. The molecule has 10 N–H and O–H groups in total. The fourth-order valence-electron chi connectivity index (χ4n) is 3.00. The van der Waals surface area contributed by atoms with Gasteiger partial charge in [-0.25, -0.2) is 9.78 Å². The Kier molecular flexibility index (Phi) is 12.0. The molecule has 0 fully saturated rings. The smallest absolute Gasteiger partial charge is 0.326 e. The van der Waals surface area contributed by atoms with Gasteiger partial charge in [0.1, 0.15) is 18.1 Å². The number of carbonyl (C=O) groups excluding carboxylic acids is 3. The summed E-state index contributed by atoms with van der Waals surface area (Å²) >= 11 is 0. The van der Waals surface area contributed by atoms with Crippen LogP contribution in [0.1, 0.15) is 38.8 Å². The lowest BCUT2D eigenvalue weighted by Crippen LogP contribution is -2.58. The van der Waals surface area contributed by atoms with E-state index in [2.05, 4.69) is 25.9 Å². The first-order valence-corrected chi connectivity index (χ1v) is 10.8. The van der Waals surface area contributed by atoms with E-state index in [1.807, 2.05) is 0 Å². The summed E-state index contributed by atoms with van der Waals surface area (Å²) < 4.78 is 0. The lowest BCUT2D eigenvalue weighted by Gasteiger charge is -2.25. The normalized spacial score (nSPS) is 14.7. The van der Waals surface area contributed by atoms with Gasteiger partial charge in [0.05, 0.1) is 19.0 Å². The number of rotatable bonds is 15. The minimum absolute atomic E-state index is 0.177. The van der Waals surface area contributed by atoms with Crippen LogP contribution >= 0.6 is 0 Å². The van der Waals surface area contributed by atoms with E-state index in [-0.39, 0.29) is 12.8 Å². The first-order chi connectivity index (χ1) is 15.6. The molecule has 0 aliphatic rings. The molecule has 33 heavy (non-hydrogen) atoms. The van der Waals surface area contributed by atoms with Crippen LogP contribution in [-0.4, -0.2) is 81.2 Å². The number of H-pyrrole nitrogens is 1. The summed E-state index contributed by atoms with van der Waals surface area (Å²) in [5.41, 5.74) is 12.1. The number of hydrogen-bond donors (Lipinski definition) is 8. The number of unbranched alkanes of at least 4 members (excludes halogenated alkanes) is 1. The van der Waals surface area contributed by atoms with E-state index in [1.165, 1.54) is 12.5 Å². The maximum Gasteiger partial charge on any atom is 0.326 e. The highest BCUT2D eigenvalue weighted by molar-refractivity contribution is 5.94.